The van der Waals surface area contributed by atoms with E-state index in [-0.39, 0.29) is 12.5 Å². The quantitative estimate of drug-likeness (QED) is 0.934. The number of fused-ring (bicyclic) bond motifs is 1. The number of anilines is 2. The normalized spacial score (nSPS) is 13.0. The van der Waals surface area contributed by atoms with Crippen molar-refractivity contribution in [1.82, 2.24) is 0 Å². The maximum atomic E-state index is 12.4. The predicted molar refractivity (Wildman–Crippen MR) is 90.8 cm³/mol. The molecule has 23 heavy (non-hydrogen) atoms. The number of carbonyl (C=O) groups is 1. The molecule has 3 rings (SSSR count). The van der Waals surface area contributed by atoms with E-state index < -0.39 is 0 Å². The summed E-state index contributed by atoms with van der Waals surface area (Å²) >= 11 is 5.98. The molecule has 6 heteroatoms. The van der Waals surface area contributed by atoms with E-state index >= 15 is 0 Å². The molecule has 1 aliphatic rings. The van der Waals surface area contributed by atoms with Crippen LogP contribution in [0.3, 0.4) is 0 Å². The molecule has 2 aromatic carbocycles. The van der Waals surface area contributed by atoms with Crippen molar-refractivity contribution in [3.05, 3.63) is 47.5 Å². The summed E-state index contributed by atoms with van der Waals surface area (Å²) in [6.45, 7) is 1.46. The van der Waals surface area contributed by atoms with Gasteiger partial charge in [0.05, 0.1) is 31.6 Å². The van der Waals surface area contributed by atoms with Gasteiger partial charge in [-0.15, -0.1) is 0 Å². The molecular weight excluding hydrogens is 316 g/mol. The van der Waals surface area contributed by atoms with E-state index in [0.29, 0.717) is 29.6 Å². The van der Waals surface area contributed by atoms with Crippen LogP contribution in [0, 0.1) is 0 Å². The van der Waals surface area contributed by atoms with Gasteiger partial charge in [0.15, 0.2) is 0 Å². The van der Waals surface area contributed by atoms with Crippen LogP contribution < -0.4 is 19.7 Å². The molecule has 0 unspecified atom stereocenters. The molecule has 0 bridgehead atoms. The molecule has 5 nitrogen and oxygen atoms in total. The van der Waals surface area contributed by atoms with Gasteiger partial charge in [-0.25, -0.2) is 0 Å². The number of nitrogens with zero attached hydrogens (tertiary/aromatic N) is 1. The zero-order chi connectivity index (χ0) is 16.2. The fourth-order valence-electron chi connectivity index (χ4n) is 2.53. The third-order valence-corrected chi connectivity index (χ3v) is 3.83. The Morgan fingerprint density at radius 3 is 3.00 bits per heavy atom. The molecule has 0 fully saturated rings. The van der Waals surface area contributed by atoms with Crippen LogP contribution in [0.25, 0.3) is 0 Å². The Hall–Kier alpha value is -2.40. The lowest BCUT2D eigenvalue weighted by Crippen LogP contribution is -2.38. The first-order valence-corrected chi connectivity index (χ1v) is 7.65. The van der Waals surface area contributed by atoms with Gasteiger partial charge in [0, 0.05) is 5.02 Å². The number of hydrogen-bond acceptors (Lipinski definition) is 4. The Morgan fingerprint density at radius 2 is 2.17 bits per heavy atom. The minimum atomic E-state index is -0.137. The highest BCUT2D eigenvalue weighted by Gasteiger charge is 2.20. The largest absolute Gasteiger partial charge is 0.495 e. The minimum absolute atomic E-state index is 0.137. The average molecular weight is 333 g/mol. The van der Waals surface area contributed by atoms with E-state index in [4.69, 9.17) is 21.1 Å². The zero-order valence-electron chi connectivity index (χ0n) is 12.7. The molecule has 0 radical (unpaired) electrons. The smallest absolute Gasteiger partial charge is 0.243 e. The van der Waals surface area contributed by atoms with Crippen LogP contribution in [-0.4, -0.2) is 32.7 Å². The minimum Gasteiger partial charge on any atom is -0.495 e. The lowest BCUT2D eigenvalue weighted by atomic mass is 10.2. The number of rotatable bonds is 4. The zero-order valence-corrected chi connectivity index (χ0v) is 13.5. The number of benzene rings is 2. The van der Waals surface area contributed by atoms with Gasteiger partial charge in [0.2, 0.25) is 5.91 Å². The van der Waals surface area contributed by atoms with Gasteiger partial charge in [-0.2, -0.15) is 0 Å². The Morgan fingerprint density at radius 1 is 1.35 bits per heavy atom. The predicted octanol–water partition coefficient (Wildman–Crippen LogP) is 3.19. The highest BCUT2D eigenvalue weighted by atomic mass is 35.5. The summed E-state index contributed by atoms with van der Waals surface area (Å²) in [5.41, 5.74) is 1.48. The molecule has 0 saturated heterocycles. The summed E-state index contributed by atoms with van der Waals surface area (Å²) in [5.74, 6) is 1.24. The van der Waals surface area contributed by atoms with Crippen LogP contribution in [0.2, 0.25) is 5.02 Å². The number of para-hydroxylation sites is 2. The Kier molecular flexibility index (Phi) is 4.57. The second kappa shape index (κ2) is 6.79. The third-order valence-electron chi connectivity index (χ3n) is 3.59. The molecular formula is C17H17ClN2O3. The topological polar surface area (TPSA) is 50.8 Å². The van der Waals surface area contributed by atoms with Crippen molar-refractivity contribution in [3.8, 4) is 11.5 Å². The molecule has 1 aliphatic heterocycles. The molecule has 0 saturated carbocycles. The van der Waals surface area contributed by atoms with Gasteiger partial charge in [0.25, 0.3) is 0 Å². The molecule has 120 valence electrons. The van der Waals surface area contributed by atoms with Crippen molar-refractivity contribution in [2.75, 3.05) is 37.0 Å². The van der Waals surface area contributed by atoms with Gasteiger partial charge in [-0.05, 0) is 30.3 Å². The van der Waals surface area contributed by atoms with E-state index in [2.05, 4.69) is 5.32 Å². The lowest BCUT2D eigenvalue weighted by molar-refractivity contribution is -0.115. The molecule has 1 amide bonds. The molecule has 0 aromatic heterocycles. The summed E-state index contributed by atoms with van der Waals surface area (Å²) in [6, 6.07) is 12.8. The number of halogens is 1. The van der Waals surface area contributed by atoms with Crippen molar-refractivity contribution in [2.24, 2.45) is 0 Å². The lowest BCUT2D eigenvalue weighted by Gasteiger charge is -2.30. The van der Waals surface area contributed by atoms with Gasteiger partial charge in [0.1, 0.15) is 18.1 Å². The molecule has 2 aromatic rings. The number of amides is 1. The van der Waals surface area contributed by atoms with Crippen molar-refractivity contribution in [2.45, 2.75) is 0 Å². The first-order chi connectivity index (χ1) is 11.2. The molecule has 1 heterocycles. The number of hydrogen-bond donors (Lipinski definition) is 1. The van der Waals surface area contributed by atoms with E-state index in [1.54, 1.807) is 25.3 Å². The summed E-state index contributed by atoms with van der Waals surface area (Å²) in [5, 5.41) is 3.39. The maximum absolute atomic E-state index is 12.4. The first-order valence-electron chi connectivity index (χ1n) is 7.27. The number of nitrogens with one attached hydrogen (secondary N) is 1. The van der Waals surface area contributed by atoms with Crippen molar-refractivity contribution >= 4 is 28.9 Å². The summed E-state index contributed by atoms with van der Waals surface area (Å²) in [7, 11) is 1.55. The fourth-order valence-corrected chi connectivity index (χ4v) is 2.70. The van der Waals surface area contributed by atoms with E-state index in [1.807, 2.05) is 29.2 Å². The van der Waals surface area contributed by atoms with Crippen molar-refractivity contribution in [3.63, 3.8) is 0 Å². The Labute approximate surface area is 139 Å². The van der Waals surface area contributed by atoms with Crippen molar-refractivity contribution in [1.29, 1.82) is 0 Å². The number of methoxy groups -OCH3 is 1. The van der Waals surface area contributed by atoms with Gasteiger partial charge in [-0.1, -0.05) is 23.7 Å². The summed E-state index contributed by atoms with van der Waals surface area (Å²) in [6.07, 6.45) is 0. The fraction of sp³-hybridized carbons (Fsp3) is 0.235. The second-order valence-electron chi connectivity index (χ2n) is 5.13. The van der Waals surface area contributed by atoms with Crippen LogP contribution in [0.5, 0.6) is 11.5 Å². The van der Waals surface area contributed by atoms with Crippen LogP contribution >= 0.6 is 11.6 Å². The van der Waals surface area contributed by atoms with Crippen molar-refractivity contribution < 1.29 is 14.3 Å². The second-order valence-corrected chi connectivity index (χ2v) is 5.57. The maximum Gasteiger partial charge on any atom is 0.243 e. The highest BCUT2D eigenvalue weighted by molar-refractivity contribution is 6.31. The van der Waals surface area contributed by atoms with Crippen LogP contribution in [-0.2, 0) is 4.79 Å². The van der Waals surface area contributed by atoms with E-state index in [9.17, 15) is 4.79 Å². The summed E-state index contributed by atoms with van der Waals surface area (Å²) in [4.78, 5) is 14.4. The number of ether oxygens (including phenoxy) is 2. The van der Waals surface area contributed by atoms with Gasteiger partial charge in [-0.3, -0.25) is 4.79 Å². The van der Waals surface area contributed by atoms with Gasteiger partial charge < -0.3 is 19.7 Å². The molecule has 0 spiro atoms. The van der Waals surface area contributed by atoms with Crippen LogP contribution in [0.15, 0.2) is 42.5 Å². The molecule has 0 aliphatic carbocycles. The van der Waals surface area contributed by atoms with Crippen LogP contribution in [0.4, 0.5) is 11.4 Å². The highest BCUT2D eigenvalue weighted by Crippen LogP contribution is 2.31. The Balaban J connectivity index is 1.73. The number of carbonyl (C=O) groups excluding carboxylic acids is 1. The van der Waals surface area contributed by atoms with E-state index in [1.165, 1.54) is 0 Å². The third kappa shape index (κ3) is 3.51. The summed E-state index contributed by atoms with van der Waals surface area (Å²) < 4.78 is 10.8. The molecule has 1 N–H and O–H groups in total. The standard InChI is InChI=1S/C17H17ClN2O3/c1-22-15-7-6-12(18)10-13(15)19-17(21)11-20-8-9-23-16-5-3-2-4-14(16)20/h2-7,10H,8-9,11H2,1H3,(H,19,21). The molecule has 0 atom stereocenters. The van der Waals surface area contributed by atoms with Gasteiger partial charge >= 0.3 is 0 Å². The monoisotopic (exact) mass is 332 g/mol. The Bertz CT molecular complexity index is 721. The average Bonchev–Trinajstić information content (AvgIpc) is 2.55. The first kappa shape index (κ1) is 15.5. The van der Waals surface area contributed by atoms with Crippen LogP contribution in [0.1, 0.15) is 0 Å². The SMILES string of the molecule is COc1ccc(Cl)cc1NC(=O)CN1CCOc2ccccc21. The van der Waals surface area contributed by atoms with E-state index in [0.717, 1.165) is 11.4 Å².